The number of rotatable bonds is 8. The molecule has 0 aliphatic heterocycles. The third kappa shape index (κ3) is 6.84. The summed E-state index contributed by atoms with van der Waals surface area (Å²) in [7, 11) is 0. The van der Waals surface area contributed by atoms with Gasteiger partial charge in [-0.15, -0.1) is 23.1 Å². The Balaban J connectivity index is 1.36. The zero-order valence-electron chi connectivity index (χ0n) is 19.4. The van der Waals surface area contributed by atoms with Crippen LogP contribution in [0.4, 0.5) is 16.4 Å². The minimum atomic E-state index is -0.353. The Bertz CT molecular complexity index is 1210. The molecule has 1 heterocycles. The summed E-state index contributed by atoms with van der Waals surface area (Å²) in [5.41, 5.74) is 3.32. The number of amides is 1. The lowest BCUT2D eigenvalue weighted by molar-refractivity contribution is -0.113. The molecule has 1 aromatic heterocycles. The van der Waals surface area contributed by atoms with Crippen LogP contribution in [0.3, 0.4) is 0 Å². The molecular formula is C26H27N3O3S3. The van der Waals surface area contributed by atoms with E-state index in [0.29, 0.717) is 22.3 Å². The van der Waals surface area contributed by atoms with Crippen molar-refractivity contribution in [1.82, 2.24) is 0 Å². The highest BCUT2D eigenvalue weighted by molar-refractivity contribution is 8.00. The van der Waals surface area contributed by atoms with Crippen LogP contribution < -0.4 is 16.0 Å². The Morgan fingerprint density at radius 2 is 1.74 bits per heavy atom. The fraction of sp³-hybridized carbons (Fsp3) is 0.269. The number of anilines is 3. The Hall–Kier alpha value is -2.88. The van der Waals surface area contributed by atoms with E-state index in [9.17, 15) is 9.59 Å². The topological polar surface area (TPSA) is 79.5 Å². The van der Waals surface area contributed by atoms with Crippen molar-refractivity contribution in [3.05, 3.63) is 70.6 Å². The summed E-state index contributed by atoms with van der Waals surface area (Å²) in [5, 5.41) is 10.4. The van der Waals surface area contributed by atoms with Crippen molar-refractivity contribution in [3.63, 3.8) is 0 Å². The summed E-state index contributed by atoms with van der Waals surface area (Å²) in [6.07, 6.45) is 3.95. The quantitative estimate of drug-likeness (QED) is 0.180. The number of nitrogens with one attached hydrogen (secondary N) is 3. The molecule has 9 heteroatoms. The van der Waals surface area contributed by atoms with Crippen molar-refractivity contribution < 1.29 is 14.3 Å². The number of thiocarbonyl (C=S) groups is 1. The third-order valence-electron chi connectivity index (χ3n) is 5.40. The number of fused-ring (bicyclic) bond motifs is 1. The Morgan fingerprint density at radius 1 is 1.00 bits per heavy atom. The van der Waals surface area contributed by atoms with E-state index in [2.05, 4.69) is 16.0 Å². The second kappa shape index (κ2) is 12.2. The summed E-state index contributed by atoms with van der Waals surface area (Å²) in [6.45, 7) is 2.10. The van der Waals surface area contributed by atoms with Crippen LogP contribution in [0.2, 0.25) is 0 Å². The molecule has 1 aliphatic carbocycles. The van der Waals surface area contributed by atoms with Crippen LogP contribution in [0.15, 0.2) is 59.5 Å². The average Bonchev–Trinajstić information content (AvgIpc) is 3.21. The van der Waals surface area contributed by atoms with Gasteiger partial charge in [-0.3, -0.25) is 4.79 Å². The van der Waals surface area contributed by atoms with Crippen LogP contribution >= 0.6 is 35.3 Å². The number of aryl methyl sites for hydroxylation is 1. The number of carbonyl (C=O) groups is 2. The van der Waals surface area contributed by atoms with Gasteiger partial charge in [-0.2, -0.15) is 0 Å². The van der Waals surface area contributed by atoms with Gasteiger partial charge in [-0.25, -0.2) is 4.79 Å². The summed E-state index contributed by atoms with van der Waals surface area (Å²) < 4.78 is 5.27. The first-order valence-electron chi connectivity index (χ1n) is 11.5. The number of para-hydroxylation sites is 1. The molecule has 1 amide bonds. The van der Waals surface area contributed by atoms with Crippen molar-refractivity contribution in [1.29, 1.82) is 0 Å². The minimum absolute atomic E-state index is 0.154. The molecule has 0 bridgehead atoms. The van der Waals surface area contributed by atoms with Gasteiger partial charge < -0.3 is 20.7 Å². The Kier molecular flexibility index (Phi) is 8.79. The first kappa shape index (κ1) is 25.2. The number of carbonyl (C=O) groups excluding carboxylic acids is 2. The summed E-state index contributed by atoms with van der Waals surface area (Å²) >= 11 is 8.33. The number of benzene rings is 2. The summed E-state index contributed by atoms with van der Waals surface area (Å²) in [4.78, 5) is 27.5. The summed E-state index contributed by atoms with van der Waals surface area (Å²) in [6, 6.07) is 17.4. The smallest absolute Gasteiger partial charge is 0.341 e. The lowest BCUT2D eigenvalue weighted by atomic mass is 9.95. The van der Waals surface area contributed by atoms with Crippen LogP contribution in [0, 0.1) is 0 Å². The standard InChI is InChI=1S/C26H27N3O3S3/c1-2-32-25(31)23-20-13-6-7-14-21(20)35-24(23)29-22(30)16-34-19-12-8-11-18(15-19)28-26(33)27-17-9-4-3-5-10-17/h3-5,8-12,15H,2,6-7,13-14,16H2,1H3,(H,29,30)(H2,27,28,33). The molecule has 1 aliphatic rings. The lowest BCUT2D eigenvalue weighted by Crippen LogP contribution is -2.19. The van der Waals surface area contributed by atoms with E-state index in [-0.39, 0.29) is 17.6 Å². The first-order chi connectivity index (χ1) is 17.0. The van der Waals surface area contributed by atoms with Crippen molar-refractivity contribution in [2.75, 3.05) is 28.3 Å². The predicted molar refractivity (Wildman–Crippen MR) is 149 cm³/mol. The van der Waals surface area contributed by atoms with E-state index in [1.165, 1.54) is 28.0 Å². The maximum absolute atomic E-state index is 12.8. The molecule has 0 atom stereocenters. The van der Waals surface area contributed by atoms with Crippen LogP contribution in [-0.4, -0.2) is 29.3 Å². The molecule has 35 heavy (non-hydrogen) atoms. The van der Waals surface area contributed by atoms with E-state index < -0.39 is 0 Å². The molecule has 3 aromatic rings. The fourth-order valence-electron chi connectivity index (χ4n) is 3.86. The van der Waals surface area contributed by atoms with Crippen LogP contribution in [0.25, 0.3) is 0 Å². The molecule has 0 unspecified atom stereocenters. The largest absolute Gasteiger partial charge is 0.462 e. The summed E-state index contributed by atoms with van der Waals surface area (Å²) in [5.74, 6) is -0.284. The van der Waals surface area contributed by atoms with Crippen molar-refractivity contribution in [2.45, 2.75) is 37.5 Å². The van der Waals surface area contributed by atoms with Gasteiger partial charge in [-0.05, 0) is 80.7 Å². The van der Waals surface area contributed by atoms with Gasteiger partial charge in [-0.1, -0.05) is 24.3 Å². The zero-order valence-corrected chi connectivity index (χ0v) is 21.8. The molecule has 4 rings (SSSR count). The van der Waals surface area contributed by atoms with Crippen molar-refractivity contribution in [2.24, 2.45) is 0 Å². The molecular weight excluding hydrogens is 499 g/mol. The second-order valence-electron chi connectivity index (χ2n) is 7.95. The Labute approximate surface area is 218 Å². The normalized spacial score (nSPS) is 12.4. The fourth-order valence-corrected chi connectivity index (χ4v) is 6.15. The lowest BCUT2D eigenvalue weighted by Gasteiger charge is -2.12. The molecule has 0 spiro atoms. The molecule has 3 N–H and O–H groups in total. The number of thioether (sulfide) groups is 1. The van der Waals surface area contributed by atoms with Gasteiger partial charge >= 0.3 is 5.97 Å². The minimum Gasteiger partial charge on any atom is -0.462 e. The molecule has 0 saturated heterocycles. The number of ether oxygens (including phenoxy) is 1. The van der Waals surface area contributed by atoms with Gasteiger partial charge in [0.15, 0.2) is 5.11 Å². The van der Waals surface area contributed by atoms with Gasteiger partial charge in [0, 0.05) is 21.1 Å². The van der Waals surface area contributed by atoms with Crippen molar-refractivity contribution >= 4 is 68.7 Å². The molecule has 0 fully saturated rings. The maximum atomic E-state index is 12.8. The van der Waals surface area contributed by atoms with Gasteiger partial charge in [0.25, 0.3) is 0 Å². The first-order valence-corrected chi connectivity index (χ1v) is 13.7. The van der Waals surface area contributed by atoms with E-state index in [1.54, 1.807) is 6.92 Å². The van der Waals surface area contributed by atoms with Crippen molar-refractivity contribution in [3.8, 4) is 0 Å². The molecule has 0 saturated carbocycles. The monoisotopic (exact) mass is 525 g/mol. The predicted octanol–water partition coefficient (Wildman–Crippen LogP) is 6.34. The zero-order chi connectivity index (χ0) is 24.6. The number of thiophene rings is 1. The van der Waals surface area contributed by atoms with E-state index in [0.717, 1.165) is 47.5 Å². The average molecular weight is 526 g/mol. The van der Waals surface area contributed by atoms with E-state index >= 15 is 0 Å². The van der Waals surface area contributed by atoms with Gasteiger partial charge in [0.1, 0.15) is 5.00 Å². The molecule has 182 valence electrons. The molecule has 6 nitrogen and oxygen atoms in total. The Morgan fingerprint density at radius 3 is 2.54 bits per heavy atom. The highest BCUT2D eigenvalue weighted by Gasteiger charge is 2.27. The third-order valence-corrected chi connectivity index (χ3v) is 7.80. The number of hydrogen-bond donors (Lipinski definition) is 3. The molecule has 0 radical (unpaired) electrons. The number of esters is 1. The highest BCUT2D eigenvalue weighted by Crippen LogP contribution is 2.38. The highest BCUT2D eigenvalue weighted by atomic mass is 32.2. The van der Waals surface area contributed by atoms with Crippen LogP contribution in [0.1, 0.15) is 40.6 Å². The van der Waals surface area contributed by atoms with E-state index in [4.69, 9.17) is 17.0 Å². The molecule has 2 aromatic carbocycles. The van der Waals surface area contributed by atoms with Gasteiger partial charge in [0.05, 0.1) is 17.9 Å². The van der Waals surface area contributed by atoms with Crippen LogP contribution in [-0.2, 0) is 22.4 Å². The van der Waals surface area contributed by atoms with Crippen LogP contribution in [0.5, 0.6) is 0 Å². The van der Waals surface area contributed by atoms with Gasteiger partial charge in [0.2, 0.25) is 5.91 Å². The van der Waals surface area contributed by atoms with E-state index in [1.807, 2.05) is 54.6 Å². The maximum Gasteiger partial charge on any atom is 0.341 e. The number of hydrogen-bond acceptors (Lipinski definition) is 6. The SMILES string of the molecule is CCOC(=O)c1c(NC(=O)CSc2cccc(NC(=S)Nc3ccccc3)c2)sc2c1CCCC2. The second-order valence-corrected chi connectivity index (χ2v) is 10.5.